The van der Waals surface area contributed by atoms with Gasteiger partial charge in [0.2, 0.25) is 10.0 Å². The number of hydrogen-bond acceptors (Lipinski definition) is 2. The first-order chi connectivity index (χ1) is 14.0. The lowest BCUT2D eigenvalue weighted by atomic mass is 10.0. The highest BCUT2D eigenvalue weighted by Crippen LogP contribution is 2.18. The maximum Gasteiger partial charge on any atom is 0.243 e. The van der Waals surface area contributed by atoms with Gasteiger partial charge in [-0.2, -0.15) is 4.31 Å². The van der Waals surface area contributed by atoms with Gasteiger partial charge in [0.05, 0.1) is 50.2 Å². The summed E-state index contributed by atoms with van der Waals surface area (Å²) in [7, 11) is -3.42. The monoisotopic (exact) mass is 435 g/mol. The molecule has 0 spiro atoms. The van der Waals surface area contributed by atoms with Gasteiger partial charge < -0.3 is 9.80 Å². The summed E-state index contributed by atoms with van der Waals surface area (Å²) < 4.78 is 27.4. The Morgan fingerprint density at radius 3 is 2.14 bits per heavy atom. The molecule has 0 radical (unpaired) electrons. The zero-order chi connectivity index (χ0) is 20.3. The molecule has 0 atom stereocenters. The van der Waals surface area contributed by atoms with Crippen LogP contribution in [-0.4, -0.2) is 58.0 Å². The third-order valence-electron chi connectivity index (χ3n) is 6.38. The molecule has 0 unspecified atom stereocenters. The normalized spacial score (nSPS) is 24.4. The number of hydrogen-bond donors (Lipinski definition) is 2. The maximum absolute atomic E-state index is 12.9. The van der Waals surface area contributed by atoms with Crippen molar-refractivity contribution in [3.05, 3.63) is 65.2 Å². The van der Waals surface area contributed by atoms with Gasteiger partial charge in [-0.15, -0.1) is 0 Å². The molecular formula is C22H30ClN3O2S+2. The lowest BCUT2D eigenvalue weighted by molar-refractivity contribution is -0.965. The van der Waals surface area contributed by atoms with Crippen LogP contribution in [0.5, 0.6) is 0 Å². The average molecular weight is 436 g/mol. The number of nitrogens with zero attached hydrogens (tertiary/aromatic N) is 1. The van der Waals surface area contributed by atoms with Gasteiger partial charge in [-0.05, 0) is 24.3 Å². The van der Waals surface area contributed by atoms with Gasteiger partial charge in [-0.25, -0.2) is 8.42 Å². The van der Waals surface area contributed by atoms with Crippen molar-refractivity contribution >= 4 is 21.6 Å². The van der Waals surface area contributed by atoms with E-state index in [0.717, 1.165) is 19.6 Å². The van der Waals surface area contributed by atoms with Crippen molar-refractivity contribution in [3.8, 4) is 0 Å². The van der Waals surface area contributed by atoms with E-state index in [1.807, 2.05) is 0 Å². The van der Waals surface area contributed by atoms with Crippen molar-refractivity contribution in [3.63, 3.8) is 0 Å². The molecule has 0 amide bonds. The van der Waals surface area contributed by atoms with E-state index in [-0.39, 0.29) is 0 Å². The highest BCUT2D eigenvalue weighted by atomic mass is 35.5. The van der Waals surface area contributed by atoms with Crippen LogP contribution < -0.4 is 9.80 Å². The van der Waals surface area contributed by atoms with Crippen LogP contribution in [0.25, 0.3) is 0 Å². The summed E-state index contributed by atoms with van der Waals surface area (Å²) >= 11 is 5.89. The number of benzene rings is 2. The number of halogens is 1. The summed E-state index contributed by atoms with van der Waals surface area (Å²) in [6, 6.07) is 17.9. The van der Waals surface area contributed by atoms with Crippen molar-refractivity contribution < 1.29 is 18.2 Å². The van der Waals surface area contributed by atoms with E-state index in [2.05, 4.69) is 30.3 Å². The fourth-order valence-electron chi connectivity index (χ4n) is 4.67. The van der Waals surface area contributed by atoms with E-state index in [9.17, 15) is 8.42 Å². The Kier molecular flexibility index (Phi) is 6.56. The SMILES string of the molecule is O=S(=O)(c1ccc(Cl)cc1)N1CC[NH+](C2CC[NH+](Cc3ccccc3)CC2)CC1. The van der Waals surface area contributed by atoms with Crippen LogP contribution in [0, 0.1) is 0 Å². The Morgan fingerprint density at radius 2 is 1.52 bits per heavy atom. The van der Waals surface area contributed by atoms with Crippen LogP contribution in [0.2, 0.25) is 5.02 Å². The molecule has 2 aliphatic rings. The Hall–Kier alpha value is -1.44. The van der Waals surface area contributed by atoms with Crippen molar-refractivity contribution in [2.75, 3.05) is 39.3 Å². The van der Waals surface area contributed by atoms with Crippen molar-refractivity contribution in [2.45, 2.75) is 30.3 Å². The number of nitrogens with one attached hydrogen (secondary N) is 2. The van der Waals surface area contributed by atoms with E-state index in [1.165, 1.54) is 31.5 Å². The lowest BCUT2D eigenvalue weighted by Gasteiger charge is -2.38. The molecule has 0 aromatic heterocycles. The Morgan fingerprint density at radius 1 is 0.897 bits per heavy atom. The molecule has 2 aromatic carbocycles. The minimum absolute atomic E-state index is 0.336. The van der Waals surface area contributed by atoms with Gasteiger partial charge in [-0.1, -0.05) is 41.9 Å². The fourth-order valence-corrected chi connectivity index (χ4v) is 6.24. The molecule has 2 aliphatic heterocycles. The van der Waals surface area contributed by atoms with E-state index in [1.54, 1.807) is 38.4 Å². The summed E-state index contributed by atoms with van der Waals surface area (Å²) in [5, 5.41) is 0.555. The molecule has 2 fully saturated rings. The molecule has 2 heterocycles. The fraction of sp³-hybridized carbons (Fsp3) is 0.455. The van der Waals surface area contributed by atoms with Gasteiger partial charge in [0.15, 0.2) is 0 Å². The molecule has 2 saturated heterocycles. The molecule has 156 valence electrons. The Bertz CT molecular complexity index is 889. The van der Waals surface area contributed by atoms with Crippen LogP contribution in [-0.2, 0) is 16.6 Å². The third kappa shape index (κ3) is 5.01. The first kappa shape index (κ1) is 20.8. The number of rotatable bonds is 5. The number of piperidine rings is 1. The standard InChI is InChI=1S/C22H28ClN3O2S/c23-20-6-8-22(9-7-20)29(27,28)26-16-14-25(15-17-26)21-10-12-24(13-11-21)18-19-4-2-1-3-5-19/h1-9,21H,10-18H2/p+2. The van der Waals surface area contributed by atoms with Gasteiger partial charge >= 0.3 is 0 Å². The van der Waals surface area contributed by atoms with E-state index < -0.39 is 10.0 Å². The lowest BCUT2D eigenvalue weighted by Crippen LogP contribution is -3.21. The average Bonchev–Trinajstić information content (AvgIpc) is 2.75. The van der Waals surface area contributed by atoms with E-state index >= 15 is 0 Å². The van der Waals surface area contributed by atoms with Crippen molar-refractivity contribution in [2.24, 2.45) is 0 Å². The first-order valence-electron chi connectivity index (χ1n) is 10.5. The Labute approximate surface area is 178 Å². The highest BCUT2D eigenvalue weighted by molar-refractivity contribution is 7.89. The molecule has 0 bridgehead atoms. The summed E-state index contributed by atoms with van der Waals surface area (Å²) in [5.41, 5.74) is 1.41. The summed E-state index contributed by atoms with van der Waals surface area (Å²) in [5.74, 6) is 0. The van der Waals surface area contributed by atoms with Gasteiger partial charge in [0.25, 0.3) is 0 Å². The van der Waals surface area contributed by atoms with Gasteiger partial charge in [-0.3, -0.25) is 0 Å². The number of sulfonamides is 1. The number of piperazine rings is 1. The molecule has 0 saturated carbocycles. The summed E-state index contributed by atoms with van der Waals surface area (Å²) in [6.07, 6.45) is 2.45. The van der Waals surface area contributed by atoms with Crippen LogP contribution in [0.3, 0.4) is 0 Å². The smallest absolute Gasteiger partial charge is 0.243 e. The molecule has 2 N–H and O–H groups in total. The second-order valence-corrected chi connectivity index (χ2v) is 10.6. The molecule has 4 rings (SSSR count). The minimum atomic E-state index is -3.42. The van der Waals surface area contributed by atoms with Crippen LogP contribution in [0.4, 0.5) is 0 Å². The minimum Gasteiger partial charge on any atom is -0.331 e. The van der Waals surface area contributed by atoms with Crippen LogP contribution >= 0.6 is 11.6 Å². The molecular weight excluding hydrogens is 406 g/mol. The first-order valence-corrected chi connectivity index (χ1v) is 12.3. The summed E-state index contributed by atoms with van der Waals surface area (Å²) in [4.78, 5) is 3.57. The van der Waals surface area contributed by atoms with Crippen molar-refractivity contribution in [1.29, 1.82) is 0 Å². The zero-order valence-electron chi connectivity index (χ0n) is 16.7. The number of likely N-dealkylation sites (tertiary alicyclic amines) is 1. The highest BCUT2D eigenvalue weighted by Gasteiger charge is 2.35. The largest absolute Gasteiger partial charge is 0.331 e. The molecule has 2 aromatic rings. The predicted octanol–water partition coefficient (Wildman–Crippen LogP) is 0.477. The second kappa shape index (κ2) is 9.14. The van der Waals surface area contributed by atoms with Gasteiger partial charge in [0, 0.05) is 23.4 Å². The molecule has 5 nitrogen and oxygen atoms in total. The predicted molar refractivity (Wildman–Crippen MR) is 115 cm³/mol. The Balaban J connectivity index is 1.27. The number of quaternary nitrogens is 2. The van der Waals surface area contributed by atoms with Crippen LogP contribution in [0.1, 0.15) is 18.4 Å². The van der Waals surface area contributed by atoms with Crippen LogP contribution in [0.15, 0.2) is 59.5 Å². The molecule has 0 aliphatic carbocycles. The zero-order valence-corrected chi connectivity index (χ0v) is 18.3. The van der Waals surface area contributed by atoms with Gasteiger partial charge in [0.1, 0.15) is 6.54 Å². The maximum atomic E-state index is 12.9. The van der Waals surface area contributed by atoms with E-state index in [4.69, 9.17) is 11.6 Å². The van der Waals surface area contributed by atoms with Crippen molar-refractivity contribution in [1.82, 2.24) is 4.31 Å². The topological polar surface area (TPSA) is 46.3 Å². The second-order valence-electron chi connectivity index (χ2n) is 8.20. The third-order valence-corrected chi connectivity index (χ3v) is 8.55. The molecule has 7 heteroatoms. The molecule has 29 heavy (non-hydrogen) atoms. The quantitative estimate of drug-likeness (QED) is 0.717. The van der Waals surface area contributed by atoms with E-state index in [0.29, 0.717) is 29.0 Å². The summed E-state index contributed by atoms with van der Waals surface area (Å²) in [6.45, 7) is 6.49.